The van der Waals surface area contributed by atoms with Crippen LogP contribution >= 0.6 is 0 Å². The summed E-state index contributed by atoms with van der Waals surface area (Å²) < 4.78 is 50.4. The second-order valence-corrected chi connectivity index (χ2v) is 10.3. The maximum atomic E-state index is 15.3. The first-order valence-corrected chi connectivity index (χ1v) is 13.0. The lowest BCUT2D eigenvalue weighted by atomic mass is 10.0. The molecule has 3 aromatic rings. The second kappa shape index (κ2) is 9.98. The van der Waals surface area contributed by atoms with Crippen molar-refractivity contribution >= 4 is 27.4 Å². The number of carbonyl (C=O) groups is 2. The molecule has 3 aromatic carbocycles. The number of halogens is 1. The number of rotatable bonds is 7. The summed E-state index contributed by atoms with van der Waals surface area (Å²) in [6, 6.07) is 14.7. The zero-order valence-corrected chi connectivity index (χ0v) is 20.4. The van der Waals surface area contributed by atoms with Gasteiger partial charge in [-0.15, -0.1) is 0 Å². The van der Waals surface area contributed by atoms with Crippen molar-refractivity contribution in [1.29, 1.82) is 0 Å². The van der Waals surface area contributed by atoms with E-state index in [4.69, 9.17) is 9.47 Å². The molecule has 1 aliphatic rings. The van der Waals surface area contributed by atoms with Crippen LogP contribution in [0.4, 0.5) is 10.1 Å². The van der Waals surface area contributed by atoms with Gasteiger partial charge in [-0.2, -0.15) is 0 Å². The van der Waals surface area contributed by atoms with Gasteiger partial charge >= 0.3 is 5.97 Å². The molecular formula is C26H24FNO7S. The molecule has 1 unspecified atom stereocenters. The number of hydrogen-bond acceptors (Lipinski definition) is 6. The lowest BCUT2D eigenvalue weighted by molar-refractivity contribution is -0.127. The molecule has 1 saturated heterocycles. The molecule has 1 aliphatic heterocycles. The number of ether oxygens (including phenoxy) is 2. The summed E-state index contributed by atoms with van der Waals surface area (Å²) in [7, 11) is -2.13. The van der Waals surface area contributed by atoms with E-state index in [2.05, 4.69) is 0 Å². The summed E-state index contributed by atoms with van der Waals surface area (Å²) in [5, 5.41) is 9.52. The Morgan fingerprint density at radius 1 is 1.11 bits per heavy atom. The largest absolute Gasteiger partial charge is 0.497 e. The van der Waals surface area contributed by atoms with Gasteiger partial charge in [0.2, 0.25) is 0 Å². The Kier molecular flexibility index (Phi) is 6.98. The van der Waals surface area contributed by atoms with Crippen molar-refractivity contribution in [3.63, 3.8) is 0 Å². The fraction of sp³-hybridized carbons (Fsp3) is 0.231. The summed E-state index contributed by atoms with van der Waals surface area (Å²) in [6.45, 7) is 0.253. The number of methoxy groups -OCH3 is 1. The molecule has 4 rings (SSSR count). The van der Waals surface area contributed by atoms with Gasteiger partial charge in [-0.25, -0.2) is 17.6 Å². The highest BCUT2D eigenvalue weighted by molar-refractivity contribution is 7.90. The molecule has 0 radical (unpaired) electrons. The number of carbonyl (C=O) groups excluding carboxylic acids is 1. The van der Waals surface area contributed by atoms with Gasteiger partial charge in [-0.05, 0) is 54.8 Å². The maximum absolute atomic E-state index is 15.3. The van der Waals surface area contributed by atoms with E-state index in [0.29, 0.717) is 29.7 Å². The summed E-state index contributed by atoms with van der Waals surface area (Å²) >= 11 is 0. The van der Waals surface area contributed by atoms with E-state index in [1.54, 1.807) is 24.3 Å². The SMILES string of the molecule is COc1ccc(OC2CCCN(c3ccc(-c4ccccc4S(C)(=O)=O)cc3F)C2=O)c(C(=O)O)c1. The van der Waals surface area contributed by atoms with Crippen molar-refractivity contribution in [2.75, 3.05) is 24.8 Å². The van der Waals surface area contributed by atoms with Crippen LogP contribution in [0.5, 0.6) is 11.5 Å². The van der Waals surface area contributed by atoms with Crippen LogP contribution in [0.3, 0.4) is 0 Å². The predicted octanol–water partition coefficient (Wildman–Crippen LogP) is 4.18. The maximum Gasteiger partial charge on any atom is 0.339 e. The standard InChI is InChI=1S/C26H24FNO7S/c1-34-17-10-12-22(19(15-17)26(30)31)35-23-7-5-13-28(25(23)29)21-11-9-16(14-20(21)27)18-6-3-4-8-24(18)36(2,32)33/h3-4,6,8-12,14-15,23H,5,7,13H2,1-2H3,(H,30,31). The predicted molar refractivity (Wildman–Crippen MR) is 131 cm³/mol. The molecule has 0 bridgehead atoms. The second-order valence-electron chi connectivity index (χ2n) is 8.34. The molecule has 1 amide bonds. The van der Waals surface area contributed by atoms with E-state index in [1.807, 2.05) is 0 Å². The number of carboxylic acids is 1. The number of anilines is 1. The van der Waals surface area contributed by atoms with Crippen molar-refractivity contribution in [3.8, 4) is 22.6 Å². The minimum absolute atomic E-state index is 0.0108. The number of aromatic carboxylic acids is 1. The van der Waals surface area contributed by atoms with Crippen molar-refractivity contribution in [1.82, 2.24) is 0 Å². The third-order valence-corrected chi connectivity index (χ3v) is 7.07. The van der Waals surface area contributed by atoms with E-state index < -0.39 is 33.6 Å². The highest BCUT2D eigenvalue weighted by Crippen LogP contribution is 2.33. The summed E-state index contributed by atoms with van der Waals surface area (Å²) in [4.78, 5) is 26.2. The molecule has 1 fully saturated rings. The minimum Gasteiger partial charge on any atom is -0.497 e. The Hall–Kier alpha value is -3.92. The molecular weight excluding hydrogens is 489 g/mol. The summed E-state index contributed by atoms with van der Waals surface area (Å²) in [5.74, 6) is -2.09. The van der Waals surface area contributed by atoms with E-state index in [-0.39, 0.29) is 28.4 Å². The lowest BCUT2D eigenvalue weighted by Crippen LogP contribution is -2.47. The first-order chi connectivity index (χ1) is 17.1. The van der Waals surface area contributed by atoms with Crippen molar-refractivity contribution in [2.45, 2.75) is 23.8 Å². The number of amides is 1. The van der Waals surface area contributed by atoms with Crippen LogP contribution < -0.4 is 14.4 Å². The molecule has 1 heterocycles. The normalized spacial score (nSPS) is 16.0. The van der Waals surface area contributed by atoms with Crippen LogP contribution in [0.15, 0.2) is 65.6 Å². The quantitative estimate of drug-likeness (QED) is 0.505. The Labute approximate surface area is 207 Å². The molecule has 1 N–H and O–H groups in total. The Morgan fingerprint density at radius 2 is 1.86 bits per heavy atom. The van der Waals surface area contributed by atoms with Crippen LogP contribution in [0.2, 0.25) is 0 Å². The van der Waals surface area contributed by atoms with Gasteiger partial charge in [-0.3, -0.25) is 4.79 Å². The molecule has 8 nitrogen and oxygen atoms in total. The van der Waals surface area contributed by atoms with E-state index in [9.17, 15) is 23.1 Å². The molecule has 36 heavy (non-hydrogen) atoms. The average molecular weight is 514 g/mol. The Balaban J connectivity index is 1.62. The lowest BCUT2D eigenvalue weighted by Gasteiger charge is -2.33. The first kappa shape index (κ1) is 25.2. The van der Waals surface area contributed by atoms with Crippen LogP contribution in [0, 0.1) is 5.82 Å². The molecule has 188 valence electrons. The third-order valence-electron chi connectivity index (χ3n) is 5.91. The van der Waals surface area contributed by atoms with E-state index in [1.165, 1.54) is 48.4 Å². The van der Waals surface area contributed by atoms with Crippen LogP contribution in [0.25, 0.3) is 11.1 Å². The fourth-order valence-electron chi connectivity index (χ4n) is 4.17. The average Bonchev–Trinajstić information content (AvgIpc) is 2.85. The summed E-state index contributed by atoms with van der Waals surface area (Å²) in [6.07, 6.45) is 0.923. The van der Waals surface area contributed by atoms with E-state index in [0.717, 1.165) is 6.26 Å². The number of nitrogens with zero attached hydrogens (tertiary/aromatic N) is 1. The molecule has 0 aliphatic carbocycles. The van der Waals surface area contributed by atoms with Gasteiger partial charge < -0.3 is 19.5 Å². The number of benzene rings is 3. The number of carboxylic acid groups (broad SMARTS) is 1. The van der Waals surface area contributed by atoms with Gasteiger partial charge in [0.05, 0.1) is 17.7 Å². The highest BCUT2D eigenvalue weighted by Gasteiger charge is 2.33. The number of hydrogen-bond donors (Lipinski definition) is 1. The van der Waals surface area contributed by atoms with Gasteiger partial charge in [0.1, 0.15) is 22.9 Å². The van der Waals surface area contributed by atoms with Crippen molar-refractivity contribution in [2.24, 2.45) is 0 Å². The zero-order chi connectivity index (χ0) is 26.0. The van der Waals surface area contributed by atoms with Gasteiger partial charge in [0, 0.05) is 18.4 Å². The smallest absolute Gasteiger partial charge is 0.339 e. The molecule has 0 saturated carbocycles. The summed E-state index contributed by atoms with van der Waals surface area (Å²) in [5.41, 5.74) is 0.595. The van der Waals surface area contributed by atoms with Crippen LogP contribution in [-0.4, -0.2) is 51.4 Å². The molecule has 1 atom stereocenters. The molecule has 10 heteroatoms. The molecule has 0 aromatic heterocycles. The van der Waals surface area contributed by atoms with E-state index >= 15 is 4.39 Å². The van der Waals surface area contributed by atoms with Crippen LogP contribution in [0.1, 0.15) is 23.2 Å². The van der Waals surface area contributed by atoms with Crippen molar-refractivity contribution < 1.29 is 37.0 Å². The third kappa shape index (κ3) is 5.03. The van der Waals surface area contributed by atoms with Gasteiger partial charge in [-0.1, -0.05) is 24.3 Å². The number of piperidine rings is 1. The minimum atomic E-state index is -3.54. The topological polar surface area (TPSA) is 110 Å². The van der Waals surface area contributed by atoms with Gasteiger partial charge in [0.25, 0.3) is 5.91 Å². The Morgan fingerprint density at radius 3 is 2.53 bits per heavy atom. The first-order valence-electron chi connectivity index (χ1n) is 11.1. The monoisotopic (exact) mass is 513 g/mol. The fourth-order valence-corrected chi connectivity index (χ4v) is 5.08. The molecule has 0 spiro atoms. The number of sulfone groups is 1. The van der Waals surface area contributed by atoms with Gasteiger partial charge in [0.15, 0.2) is 15.9 Å². The zero-order valence-electron chi connectivity index (χ0n) is 19.6. The Bertz CT molecular complexity index is 1440. The highest BCUT2D eigenvalue weighted by atomic mass is 32.2. The van der Waals surface area contributed by atoms with Crippen molar-refractivity contribution in [3.05, 3.63) is 72.0 Å². The van der Waals surface area contributed by atoms with Crippen LogP contribution in [-0.2, 0) is 14.6 Å².